The van der Waals surface area contributed by atoms with Gasteiger partial charge in [0.2, 0.25) is 6.10 Å². The predicted octanol–water partition coefficient (Wildman–Crippen LogP) is 2.86. The molecule has 0 radical (unpaired) electrons. The first-order chi connectivity index (χ1) is 12.6. The molecule has 0 saturated heterocycles. The average molecular weight is 354 g/mol. The van der Waals surface area contributed by atoms with E-state index in [0.29, 0.717) is 30.2 Å². The van der Waals surface area contributed by atoms with Gasteiger partial charge in [-0.05, 0) is 23.8 Å². The molecule has 1 heterocycles. The van der Waals surface area contributed by atoms with Crippen molar-refractivity contribution in [3.8, 4) is 11.5 Å². The highest BCUT2D eigenvalue weighted by molar-refractivity contribution is 6.06. The maximum atomic E-state index is 12.7. The quantitative estimate of drug-likeness (QED) is 0.800. The zero-order valence-corrected chi connectivity index (χ0v) is 15.1. The number of ether oxygens (including phenoxy) is 2. The van der Waals surface area contributed by atoms with Crippen LogP contribution in [0.4, 0.5) is 0 Å². The third-order valence-corrected chi connectivity index (χ3v) is 4.30. The maximum Gasteiger partial charge on any atom is 0.266 e. The Labute approximate surface area is 153 Å². The molecule has 6 nitrogen and oxygen atoms in total. The van der Waals surface area contributed by atoms with Crippen LogP contribution in [0, 0.1) is 0 Å². The van der Waals surface area contributed by atoms with Crippen LogP contribution in [0.1, 0.15) is 17.5 Å². The number of nitrogens with zero attached hydrogens (tertiary/aromatic N) is 2. The molecular weight excluding hydrogens is 332 g/mol. The van der Waals surface area contributed by atoms with E-state index < -0.39 is 6.10 Å². The average Bonchev–Trinajstić information content (AvgIpc) is 3.17. The summed E-state index contributed by atoms with van der Waals surface area (Å²) in [6.45, 7) is 0.525. The third kappa shape index (κ3) is 3.79. The number of carbonyl (C=O) groups is 1. The van der Waals surface area contributed by atoms with Crippen molar-refractivity contribution in [2.24, 2.45) is 5.16 Å². The van der Waals surface area contributed by atoms with E-state index in [9.17, 15) is 4.79 Å². The topological polar surface area (TPSA) is 60.4 Å². The Morgan fingerprint density at radius 1 is 1.19 bits per heavy atom. The van der Waals surface area contributed by atoms with Crippen molar-refractivity contribution < 1.29 is 19.1 Å². The van der Waals surface area contributed by atoms with Crippen LogP contribution >= 0.6 is 0 Å². The van der Waals surface area contributed by atoms with Crippen LogP contribution in [0.25, 0.3) is 0 Å². The number of amides is 1. The summed E-state index contributed by atoms with van der Waals surface area (Å²) >= 11 is 0. The van der Waals surface area contributed by atoms with E-state index in [1.165, 1.54) is 0 Å². The van der Waals surface area contributed by atoms with Crippen LogP contribution in [0.15, 0.2) is 53.7 Å². The first kappa shape index (κ1) is 17.8. The van der Waals surface area contributed by atoms with Gasteiger partial charge in [-0.3, -0.25) is 4.79 Å². The van der Waals surface area contributed by atoms with Gasteiger partial charge in [-0.2, -0.15) is 0 Å². The number of oxime groups is 1. The minimum Gasteiger partial charge on any atom is -0.497 e. The molecule has 0 saturated carbocycles. The minimum atomic E-state index is -0.630. The smallest absolute Gasteiger partial charge is 0.266 e. The molecule has 6 heteroatoms. The van der Waals surface area contributed by atoms with Crippen molar-refractivity contribution in [1.29, 1.82) is 0 Å². The SMILES string of the molecule is COc1ccc(OC)c(C2=NOC(C(=O)N(C)Cc3ccccc3)C2)c1. The molecule has 136 valence electrons. The number of methoxy groups -OCH3 is 2. The molecule has 0 N–H and O–H groups in total. The third-order valence-electron chi connectivity index (χ3n) is 4.30. The largest absolute Gasteiger partial charge is 0.497 e. The van der Waals surface area contributed by atoms with Crippen molar-refractivity contribution in [3.63, 3.8) is 0 Å². The maximum absolute atomic E-state index is 12.7. The lowest BCUT2D eigenvalue weighted by Crippen LogP contribution is -2.36. The second kappa shape index (κ2) is 7.91. The second-order valence-corrected chi connectivity index (χ2v) is 6.08. The van der Waals surface area contributed by atoms with E-state index in [2.05, 4.69) is 5.16 Å². The summed E-state index contributed by atoms with van der Waals surface area (Å²) in [5.74, 6) is 1.26. The Hall–Kier alpha value is -3.02. The minimum absolute atomic E-state index is 0.102. The van der Waals surface area contributed by atoms with Crippen molar-refractivity contribution in [1.82, 2.24) is 4.90 Å². The van der Waals surface area contributed by atoms with Gasteiger partial charge in [-0.15, -0.1) is 0 Å². The summed E-state index contributed by atoms with van der Waals surface area (Å²) in [4.78, 5) is 19.7. The second-order valence-electron chi connectivity index (χ2n) is 6.08. The van der Waals surface area contributed by atoms with E-state index >= 15 is 0 Å². The van der Waals surface area contributed by atoms with E-state index in [-0.39, 0.29) is 5.91 Å². The Morgan fingerprint density at radius 3 is 2.65 bits per heavy atom. The lowest BCUT2D eigenvalue weighted by molar-refractivity contribution is -0.141. The van der Waals surface area contributed by atoms with Crippen LogP contribution in [-0.4, -0.2) is 43.9 Å². The standard InChI is InChI=1S/C20H22N2O4/c1-22(13-14-7-5-4-6-8-14)20(23)19-12-17(21-26-19)16-11-15(24-2)9-10-18(16)25-3/h4-11,19H,12-13H2,1-3H3. The number of hydrogen-bond donors (Lipinski definition) is 0. The first-order valence-electron chi connectivity index (χ1n) is 8.36. The van der Waals surface area contributed by atoms with Crippen molar-refractivity contribution >= 4 is 11.6 Å². The molecule has 1 amide bonds. The van der Waals surface area contributed by atoms with Gasteiger partial charge in [-0.25, -0.2) is 0 Å². The normalized spacial score (nSPS) is 15.8. The molecule has 0 bridgehead atoms. The van der Waals surface area contributed by atoms with Gasteiger partial charge in [0.05, 0.1) is 19.9 Å². The fourth-order valence-corrected chi connectivity index (χ4v) is 2.89. The van der Waals surface area contributed by atoms with Crippen LogP contribution in [-0.2, 0) is 16.2 Å². The monoisotopic (exact) mass is 354 g/mol. The number of likely N-dealkylation sites (N-methyl/N-ethyl adjacent to an activating group) is 1. The first-order valence-corrected chi connectivity index (χ1v) is 8.36. The van der Waals surface area contributed by atoms with E-state index in [0.717, 1.165) is 11.1 Å². The summed E-state index contributed by atoms with van der Waals surface area (Å²) in [5, 5.41) is 4.12. The van der Waals surface area contributed by atoms with Crippen molar-refractivity contribution in [2.75, 3.05) is 21.3 Å². The molecule has 0 spiro atoms. The fourth-order valence-electron chi connectivity index (χ4n) is 2.89. The highest BCUT2D eigenvalue weighted by Crippen LogP contribution is 2.29. The Balaban J connectivity index is 1.69. The summed E-state index contributed by atoms with van der Waals surface area (Å²) < 4.78 is 10.7. The van der Waals surface area contributed by atoms with Gasteiger partial charge in [0.15, 0.2) is 0 Å². The highest BCUT2D eigenvalue weighted by atomic mass is 16.6. The Bertz CT molecular complexity index is 805. The zero-order valence-electron chi connectivity index (χ0n) is 15.1. The van der Waals surface area contributed by atoms with E-state index in [1.54, 1.807) is 26.2 Å². The predicted molar refractivity (Wildman–Crippen MR) is 98.5 cm³/mol. The molecule has 0 aromatic heterocycles. The van der Waals surface area contributed by atoms with Gasteiger partial charge in [0.25, 0.3) is 5.91 Å². The molecule has 1 aliphatic rings. The molecule has 26 heavy (non-hydrogen) atoms. The number of hydrogen-bond acceptors (Lipinski definition) is 5. The van der Waals surface area contributed by atoms with Gasteiger partial charge >= 0.3 is 0 Å². The zero-order chi connectivity index (χ0) is 18.5. The van der Waals surface area contributed by atoms with Crippen molar-refractivity contribution in [3.05, 3.63) is 59.7 Å². The summed E-state index contributed by atoms with van der Waals surface area (Å²) in [6, 6.07) is 15.3. The van der Waals surface area contributed by atoms with Crippen LogP contribution in [0.3, 0.4) is 0 Å². The van der Waals surface area contributed by atoms with Crippen LogP contribution in [0.5, 0.6) is 11.5 Å². The highest BCUT2D eigenvalue weighted by Gasteiger charge is 2.32. The van der Waals surface area contributed by atoms with E-state index in [4.69, 9.17) is 14.3 Å². The summed E-state index contributed by atoms with van der Waals surface area (Å²) in [6.07, 6.45) is -0.240. The molecule has 1 aliphatic heterocycles. The molecule has 0 aliphatic carbocycles. The lowest BCUT2D eigenvalue weighted by Gasteiger charge is -2.20. The number of rotatable bonds is 6. The number of benzene rings is 2. The Morgan fingerprint density at radius 2 is 1.96 bits per heavy atom. The van der Waals surface area contributed by atoms with Gasteiger partial charge in [0.1, 0.15) is 11.5 Å². The van der Waals surface area contributed by atoms with Gasteiger partial charge < -0.3 is 19.2 Å². The van der Waals surface area contributed by atoms with Crippen molar-refractivity contribution in [2.45, 2.75) is 19.1 Å². The van der Waals surface area contributed by atoms with Gasteiger partial charge in [0, 0.05) is 25.6 Å². The molecule has 1 atom stereocenters. The summed E-state index contributed by atoms with van der Waals surface area (Å²) in [5.41, 5.74) is 2.51. The molecular formula is C20H22N2O4. The van der Waals surface area contributed by atoms with Gasteiger partial charge in [-0.1, -0.05) is 35.5 Å². The fraction of sp³-hybridized carbons (Fsp3) is 0.300. The molecule has 2 aromatic carbocycles. The lowest BCUT2D eigenvalue weighted by atomic mass is 10.0. The molecule has 3 rings (SSSR count). The molecule has 2 aromatic rings. The summed E-state index contributed by atoms with van der Waals surface area (Å²) in [7, 11) is 4.96. The molecule has 0 fully saturated rings. The Kier molecular flexibility index (Phi) is 5.41. The van der Waals surface area contributed by atoms with E-state index in [1.807, 2.05) is 48.5 Å². The molecule has 1 unspecified atom stereocenters. The van der Waals surface area contributed by atoms with Crippen LogP contribution < -0.4 is 9.47 Å². The number of carbonyl (C=O) groups excluding carboxylic acids is 1. The van der Waals surface area contributed by atoms with Crippen LogP contribution in [0.2, 0.25) is 0 Å².